The Morgan fingerprint density at radius 3 is 2.94 bits per heavy atom. The predicted octanol–water partition coefficient (Wildman–Crippen LogP) is 2.98. The fraction of sp³-hybridized carbons (Fsp3) is 0.100. The van der Waals surface area contributed by atoms with Crippen LogP contribution in [0, 0.1) is 10.1 Å². The number of nitrogens with zero attached hydrogens (tertiary/aromatic N) is 2. The lowest BCUT2D eigenvalue weighted by Gasteiger charge is -2.06. The maximum absolute atomic E-state index is 10.7. The summed E-state index contributed by atoms with van der Waals surface area (Å²) in [5.74, 6) is 0.413. The average Bonchev–Trinajstić information content (AvgIpc) is 2.73. The Balaban J connectivity index is 2.14. The second-order valence-electron chi connectivity index (χ2n) is 3.30. The van der Waals surface area contributed by atoms with Crippen LogP contribution in [0.4, 0.5) is 10.8 Å². The number of rotatable bonds is 4. The number of aromatic nitrogens is 1. The van der Waals surface area contributed by atoms with E-state index in [2.05, 4.69) is 20.9 Å². The number of anilines is 1. The molecule has 0 spiro atoms. The van der Waals surface area contributed by atoms with E-state index in [1.54, 1.807) is 18.3 Å². The molecule has 2 N–H and O–H groups in total. The van der Waals surface area contributed by atoms with Crippen LogP contribution in [0.1, 0.15) is 4.88 Å². The van der Waals surface area contributed by atoms with Gasteiger partial charge in [-0.3, -0.25) is 10.1 Å². The summed E-state index contributed by atoms with van der Waals surface area (Å²) in [6, 6.07) is 4.63. The first-order valence-corrected chi connectivity index (χ1v) is 6.45. The molecule has 94 valence electrons. The number of hydrogen-bond acceptors (Lipinski definition) is 6. The highest BCUT2D eigenvalue weighted by atomic mass is 79.9. The van der Waals surface area contributed by atoms with Crippen molar-refractivity contribution in [1.82, 2.24) is 4.98 Å². The molecular formula is C10H8BrN3O3S. The van der Waals surface area contributed by atoms with Crippen molar-refractivity contribution in [3.05, 3.63) is 43.9 Å². The molecule has 8 heteroatoms. The number of hydrogen-bond donors (Lipinski definition) is 1. The fourth-order valence-electron chi connectivity index (χ4n) is 1.29. The van der Waals surface area contributed by atoms with Gasteiger partial charge < -0.3 is 10.5 Å². The van der Waals surface area contributed by atoms with Crippen LogP contribution in [0.15, 0.2) is 28.9 Å². The Hall–Kier alpha value is -1.67. The van der Waals surface area contributed by atoms with Gasteiger partial charge in [0.05, 0.1) is 9.80 Å². The molecule has 6 nitrogen and oxygen atoms in total. The quantitative estimate of drug-likeness (QED) is 0.687. The maximum Gasteiger partial charge on any atom is 0.287 e. The average molecular weight is 330 g/mol. The van der Waals surface area contributed by atoms with E-state index < -0.39 is 4.92 Å². The van der Waals surface area contributed by atoms with E-state index in [4.69, 9.17) is 10.5 Å². The first-order chi connectivity index (χ1) is 8.58. The van der Waals surface area contributed by atoms with Crippen molar-refractivity contribution in [1.29, 1.82) is 0 Å². The molecule has 0 aliphatic rings. The first-order valence-electron chi connectivity index (χ1n) is 4.84. The maximum atomic E-state index is 10.7. The molecule has 0 aliphatic carbocycles. The Labute approximate surface area is 115 Å². The number of nitro benzene ring substituents is 1. The molecule has 0 saturated carbocycles. The van der Waals surface area contributed by atoms with E-state index in [9.17, 15) is 10.1 Å². The molecule has 18 heavy (non-hydrogen) atoms. The van der Waals surface area contributed by atoms with Gasteiger partial charge in [0, 0.05) is 12.3 Å². The summed E-state index contributed by atoms with van der Waals surface area (Å²) in [4.78, 5) is 15.0. The Kier molecular flexibility index (Phi) is 3.78. The number of halogens is 1. The third kappa shape index (κ3) is 2.77. The molecule has 0 unspecified atom stereocenters. The largest absolute Gasteiger partial charge is 0.487 e. The predicted molar refractivity (Wildman–Crippen MR) is 71.7 cm³/mol. The SMILES string of the molecule is Nc1ncc(COc2cccc([N+](=O)[O-])c2Br)s1. The van der Waals surface area contributed by atoms with E-state index in [0.29, 0.717) is 15.4 Å². The van der Waals surface area contributed by atoms with Gasteiger partial charge in [0.25, 0.3) is 5.69 Å². The summed E-state index contributed by atoms with van der Waals surface area (Å²) >= 11 is 4.47. The zero-order valence-electron chi connectivity index (χ0n) is 9.00. The summed E-state index contributed by atoms with van der Waals surface area (Å²) < 4.78 is 5.82. The van der Waals surface area contributed by atoms with Crippen LogP contribution in [-0.4, -0.2) is 9.91 Å². The second-order valence-corrected chi connectivity index (χ2v) is 5.24. The lowest BCUT2D eigenvalue weighted by molar-refractivity contribution is -0.385. The summed E-state index contributed by atoms with van der Waals surface area (Å²) in [5.41, 5.74) is 5.46. The topological polar surface area (TPSA) is 91.3 Å². The number of ether oxygens (including phenoxy) is 1. The van der Waals surface area contributed by atoms with Crippen LogP contribution in [-0.2, 0) is 6.61 Å². The van der Waals surface area contributed by atoms with Crippen LogP contribution in [0.2, 0.25) is 0 Å². The Bertz CT molecular complexity index is 587. The van der Waals surface area contributed by atoms with Crippen LogP contribution in [0.25, 0.3) is 0 Å². The Morgan fingerprint density at radius 2 is 2.33 bits per heavy atom. The van der Waals surface area contributed by atoms with Gasteiger partial charge in [0.2, 0.25) is 0 Å². The smallest absolute Gasteiger partial charge is 0.287 e. The first kappa shape index (κ1) is 12.8. The Morgan fingerprint density at radius 1 is 1.56 bits per heavy atom. The highest BCUT2D eigenvalue weighted by Crippen LogP contribution is 2.34. The summed E-state index contributed by atoms with van der Waals surface area (Å²) in [5, 5.41) is 11.2. The third-order valence-electron chi connectivity index (χ3n) is 2.08. The zero-order valence-corrected chi connectivity index (χ0v) is 11.4. The number of benzene rings is 1. The molecule has 1 aromatic carbocycles. The van der Waals surface area contributed by atoms with Crippen molar-refractivity contribution in [2.75, 3.05) is 5.73 Å². The molecular weight excluding hydrogens is 322 g/mol. The van der Waals surface area contributed by atoms with Gasteiger partial charge in [0.1, 0.15) is 16.8 Å². The van der Waals surface area contributed by atoms with Gasteiger partial charge in [0.15, 0.2) is 5.13 Å². The van der Waals surface area contributed by atoms with Crippen LogP contribution in [0.3, 0.4) is 0 Å². The van der Waals surface area contributed by atoms with Gasteiger partial charge in [-0.25, -0.2) is 4.98 Å². The standard InChI is InChI=1S/C10H8BrN3O3S/c11-9-7(14(15)16)2-1-3-8(9)17-5-6-4-13-10(12)18-6/h1-4H,5H2,(H2,12,13). The number of nitrogen functional groups attached to an aromatic ring is 1. The van der Waals surface area contributed by atoms with Crippen molar-refractivity contribution >= 4 is 38.1 Å². The molecule has 0 atom stereocenters. The molecule has 0 amide bonds. The van der Waals surface area contributed by atoms with Crippen molar-refractivity contribution in [2.24, 2.45) is 0 Å². The summed E-state index contributed by atoms with van der Waals surface area (Å²) in [6.45, 7) is 0.272. The molecule has 0 aliphatic heterocycles. The van der Waals surface area contributed by atoms with Crippen LogP contribution >= 0.6 is 27.3 Å². The number of nitro groups is 1. The fourth-order valence-corrected chi connectivity index (χ4v) is 2.41. The minimum atomic E-state index is -0.471. The van der Waals surface area contributed by atoms with Gasteiger partial charge in [-0.2, -0.15) is 0 Å². The van der Waals surface area contributed by atoms with E-state index >= 15 is 0 Å². The summed E-state index contributed by atoms with van der Waals surface area (Å²) in [7, 11) is 0. The third-order valence-corrected chi connectivity index (χ3v) is 3.68. The highest BCUT2D eigenvalue weighted by Gasteiger charge is 2.16. The van der Waals surface area contributed by atoms with Gasteiger partial charge >= 0.3 is 0 Å². The monoisotopic (exact) mass is 329 g/mol. The van der Waals surface area contributed by atoms with Crippen molar-refractivity contribution in [3.8, 4) is 5.75 Å². The molecule has 0 saturated heterocycles. The van der Waals surface area contributed by atoms with Crippen LogP contribution < -0.4 is 10.5 Å². The molecule has 0 fully saturated rings. The van der Waals surface area contributed by atoms with Gasteiger partial charge in [-0.15, -0.1) is 0 Å². The van der Waals surface area contributed by atoms with Crippen molar-refractivity contribution in [2.45, 2.75) is 6.61 Å². The van der Waals surface area contributed by atoms with E-state index in [1.807, 2.05) is 0 Å². The molecule has 0 radical (unpaired) electrons. The second kappa shape index (κ2) is 5.32. The van der Waals surface area contributed by atoms with Crippen molar-refractivity contribution in [3.63, 3.8) is 0 Å². The van der Waals surface area contributed by atoms with E-state index in [1.165, 1.54) is 17.4 Å². The van der Waals surface area contributed by atoms with Gasteiger partial charge in [-0.05, 0) is 22.0 Å². The number of thiazole rings is 1. The lowest BCUT2D eigenvalue weighted by Crippen LogP contribution is -1.96. The summed E-state index contributed by atoms with van der Waals surface area (Å²) in [6.07, 6.45) is 1.62. The van der Waals surface area contributed by atoms with Crippen LogP contribution in [0.5, 0.6) is 5.75 Å². The highest BCUT2D eigenvalue weighted by molar-refractivity contribution is 9.10. The molecule has 0 bridgehead atoms. The molecule has 1 heterocycles. The van der Waals surface area contributed by atoms with E-state index in [-0.39, 0.29) is 12.3 Å². The van der Waals surface area contributed by atoms with E-state index in [0.717, 1.165) is 4.88 Å². The minimum absolute atomic E-state index is 0.0312. The lowest BCUT2D eigenvalue weighted by atomic mass is 10.3. The van der Waals surface area contributed by atoms with Crippen molar-refractivity contribution < 1.29 is 9.66 Å². The van der Waals surface area contributed by atoms with Gasteiger partial charge in [-0.1, -0.05) is 17.4 Å². The molecule has 1 aromatic heterocycles. The molecule has 2 rings (SSSR count). The zero-order chi connectivity index (χ0) is 13.1. The normalized spacial score (nSPS) is 10.3. The number of nitrogens with two attached hydrogens (primary N) is 1. The minimum Gasteiger partial charge on any atom is -0.487 e. The molecule has 2 aromatic rings.